The summed E-state index contributed by atoms with van der Waals surface area (Å²) in [6.45, 7) is -0.377. The first-order valence-electron chi connectivity index (χ1n) is 9.40. The van der Waals surface area contributed by atoms with Crippen molar-refractivity contribution in [3.8, 4) is 5.69 Å². The molecule has 11 heteroatoms. The number of hydrogen-bond donors (Lipinski definition) is 2. The van der Waals surface area contributed by atoms with Crippen LogP contribution in [0.1, 0.15) is 24.0 Å². The molecular weight excluding hydrogens is 408 g/mol. The molecule has 30 heavy (non-hydrogen) atoms. The molecule has 0 unspecified atom stereocenters. The molecule has 0 aliphatic heterocycles. The molecule has 10 nitrogen and oxygen atoms in total. The highest BCUT2D eigenvalue weighted by molar-refractivity contribution is 7.92. The third-order valence-corrected chi connectivity index (χ3v) is 6.32. The smallest absolute Gasteiger partial charge is 0.368 e. The van der Waals surface area contributed by atoms with E-state index < -0.39 is 21.6 Å². The van der Waals surface area contributed by atoms with Gasteiger partial charge in [0.2, 0.25) is 5.91 Å². The largest absolute Gasteiger partial charge is 0.368 e. The molecule has 0 atom stereocenters. The summed E-state index contributed by atoms with van der Waals surface area (Å²) in [5.41, 5.74) is 7.43. The Morgan fingerprint density at radius 2 is 1.73 bits per heavy atom. The quantitative estimate of drug-likeness (QED) is 0.589. The highest BCUT2D eigenvalue weighted by Gasteiger charge is 2.18. The Kier molecular flexibility index (Phi) is 5.12. The maximum Gasteiger partial charge on any atom is 0.368 e. The van der Waals surface area contributed by atoms with E-state index in [-0.39, 0.29) is 11.4 Å². The number of nitrogens with two attached hydrogens (primary N) is 1. The third kappa shape index (κ3) is 3.96. The van der Waals surface area contributed by atoms with Crippen LogP contribution in [0, 0.1) is 0 Å². The summed E-state index contributed by atoms with van der Waals surface area (Å²) in [5, 5.41) is 7.30. The van der Waals surface area contributed by atoms with Crippen molar-refractivity contribution in [3.05, 3.63) is 64.1 Å². The van der Waals surface area contributed by atoms with Gasteiger partial charge in [0.1, 0.15) is 6.54 Å². The summed E-state index contributed by atoms with van der Waals surface area (Å²) in [7, 11) is -3.74. The zero-order valence-corrected chi connectivity index (χ0v) is 16.8. The molecule has 0 saturated carbocycles. The highest BCUT2D eigenvalue weighted by Crippen LogP contribution is 2.25. The van der Waals surface area contributed by atoms with Crippen LogP contribution >= 0.6 is 0 Å². The second-order valence-corrected chi connectivity index (χ2v) is 8.77. The number of sulfonamides is 1. The van der Waals surface area contributed by atoms with Gasteiger partial charge in [-0.1, -0.05) is 6.07 Å². The van der Waals surface area contributed by atoms with Crippen LogP contribution in [0.2, 0.25) is 0 Å². The van der Waals surface area contributed by atoms with Gasteiger partial charge in [0, 0.05) is 5.69 Å². The van der Waals surface area contributed by atoms with Gasteiger partial charge < -0.3 is 5.73 Å². The molecule has 1 heterocycles. The van der Waals surface area contributed by atoms with E-state index >= 15 is 0 Å². The molecule has 2 aromatic carbocycles. The fraction of sp³-hybridized carbons (Fsp3) is 0.263. The van der Waals surface area contributed by atoms with E-state index in [9.17, 15) is 18.0 Å². The molecule has 0 fully saturated rings. The molecule has 3 N–H and O–H groups in total. The molecule has 0 radical (unpaired) electrons. The van der Waals surface area contributed by atoms with Crippen molar-refractivity contribution in [2.45, 2.75) is 37.1 Å². The van der Waals surface area contributed by atoms with Gasteiger partial charge in [-0.25, -0.2) is 13.2 Å². The van der Waals surface area contributed by atoms with E-state index in [2.05, 4.69) is 15.1 Å². The lowest BCUT2D eigenvalue weighted by Gasteiger charge is -2.17. The van der Waals surface area contributed by atoms with Gasteiger partial charge in [-0.3, -0.25) is 9.52 Å². The number of nitrogens with one attached hydrogen (secondary N) is 1. The highest BCUT2D eigenvalue weighted by atomic mass is 32.2. The van der Waals surface area contributed by atoms with E-state index in [1.54, 1.807) is 12.1 Å². The number of carbonyl (C=O) groups is 1. The summed E-state index contributed by atoms with van der Waals surface area (Å²) in [4.78, 5) is 23.4. The number of fused-ring (bicyclic) bond motifs is 1. The lowest BCUT2D eigenvalue weighted by Crippen LogP contribution is -2.30. The molecule has 0 spiro atoms. The number of aromatic nitrogens is 4. The topological polar surface area (TPSA) is 142 Å². The first-order chi connectivity index (χ1) is 14.3. The molecule has 0 saturated heterocycles. The predicted octanol–water partition coefficient (Wildman–Crippen LogP) is 0.594. The number of anilines is 1. The van der Waals surface area contributed by atoms with E-state index in [1.165, 1.54) is 29.8 Å². The number of benzene rings is 2. The van der Waals surface area contributed by atoms with Gasteiger partial charge in [-0.15, -0.1) is 0 Å². The summed E-state index contributed by atoms with van der Waals surface area (Å²) in [6, 6.07) is 11.3. The monoisotopic (exact) mass is 428 g/mol. The number of aryl methyl sites for hydroxylation is 2. The van der Waals surface area contributed by atoms with Gasteiger partial charge in [-0.2, -0.15) is 9.36 Å². The summed E-state index contributed by atoms with van der Waals surface area (Å²) in [6.07, 6.45) is 4.06. The van der Waals surface area contributed by atoms with Crippen LogP contribution in [0.15, 0.2) is 52.2 Å². The summed E-state index contributed by atoms with van der Waals surface area (Å²) < 4.78 is 29.9. The van der Waals surface area contributed by atoms with E-state index in [4.69, 9.17) is 5.73 Å². The van der Waals surface area contributed by atoms with Crippen LogP contribution in [0.5, 0.6) is 0 Å². The van der Waals surface area contributed by atoms with Gasteiger partial charge in [-0.05, 0) is 83.6 Å². The van der Waals surface area contributed by atoms with Crippen molar-refractivity contribution in [1.82, 2.24) is 19.8 Å². The lowest BCUT2D eigenvalue weighted by molar-refractivity contribution is -0.118. The van der Waals surface area contributed by atoms with Gasteiger partial charge in [0.15, 0.2) is 0 Å². The number of primary amides is 1. The maximum absolute atomic E-state index is 12.8. The Hall–Kier alpha value is -3.47. The van der Waals surface area contributed by atoms with E-state index in [0.29, 0.717) is 11.4 Å². The van der Waals surface area contributed by atoms with Crippen molar-refractivity contribution < 1.29 is 13.2 Å². The molecule has 4 rings (SSSR count). The van der Waals surface area contributed by atoms with Gasteiger partial charge in [0.05, 0.1) is 10.6 Å². The molecular formula is C19H20N6O4S. The van der Waals surface area contributed by atoms with Crippen LogP contribution in [0.4, 0.5) is 5.69 Å². The molecule has 156 valence electrons. The third-order valence-electron chi connectivity index (χ3n) is 4.94. The first kappa shape index (κ1) is 19.8. The number of nitrogens with zero attached hydrogens (tertiary/aromatic N) is 4. The fourth-order valence-corrected chi connectivity index (χ4v) is 4.55. The zero-order valence-electron chi connectivity index (χ0n) is 16.0. The molecule has 1 amide bonds. The van der Waals surface area contributed by atoms with Crippen molar-refractivity contribution in [2.75, 3.05) is 4.72 Å². The minimum absolute atomic E-state index is 0.220. The van der Waals surface area contributed by atoms with Crippen molar-refractivity contribution in [1.29, 1.82) is 0 Å². The van der Waals surface area contributed by atoms with Gasteiger partial charge in [0.25, 0.3) is 10.0 Å². The van der Waals surface area contributed by atoms with Crippen LogP contribution in [-0.2, 0) is 34.2 Å². The van der Waals surface area contributed by atoms with Gasteiger partial charge >= 0.3 is 5.69 Å². The van der Waals surface area contributed by atoms with Crippen molar-refractivity contribution in [2.24, 2.45) is 5.73 Å². The van der Waals surface area contributed by atoms with E-state index in [1.807, 2.05) is 6.07 Å². The Balaban J connectivity index is 1.54. The van der Waals surface area contributed by atoms with Crippen molar-refractivity contribution >= 4 is 21.6 Å². The molecule has 1 aliphatic carbocycles. The average molecular weight is 428 g/mol. The Labute approximate surface area is 172 Å². The average Bonchev–Trinajstić information content (AvgIpc) is 3.07. The van der Waals surface area contributed by atoms with Crippen LogP contribution in [-0.4, -0.2) is 34.1 Å². The lowest BCUT2D eigenvalue weighted by atomic mass is 9.92. The second-order valence-electron chi connectivity index (χ2n) is 7.09. The molecule has 0 bridgehead atoms. The number of tetrazole rings is 1. The number of amides is 1. The molecule has 3 aromatic rings. The van der Waals surface area contributed by atoms with E-state index in [0.717, 1.165) is 40.6 Å². The molecule has 1 aromatic heterocycles. The Morgan fingerprint density at radius 3 is 2.43 bits per heavy atom. The van der Waals surface area contributed by atoms with Crippen LogP contribution in [0.25, 0.3) is 5.69 Å². The zero-order chi connectivity index (χ0) is 21.3. The van der Waals surface area contributed by atoms with Crippen LogP contribution < -0.4 is 16.1 Å². The number of hydrogen-bond acceptors (Lipinski definition) is 6. The predicted molar refractivity (Wildman–Crippen MR) is 109 cm³/mol. The Bertz CT molecular complexity index is 1260. The fourth-order valence-electron chi connectivity index (χ4n) is 3.44. The SMILES string of the molecule is NC(=O)Cn1nnn(-c2ccc(NS(=O)(=O)c3ccc4c(c3)CCCC4)cc2)c1=O. The first-order valence-corrected chi connectivity index (χ1v) is 10.9. The number of rotatable bonds is 6. The second kappa shape index (κ2) is 7.75. The van der Waals surface area contributed by atoms with Crippen LogP contribution in [0.3, 0.4) is 0 Å². The summed E-state index contributed by atoms with van der Waals surface area (Å²) in [5.74, 6) is -0.712. The maximum atomic E-state index is 12.8. The minimum Gasteiger partial charge on any atom is -0.368 e. The molecule has 1 aliphatic rings. The summed E-state index contributed by atoms with van der Waals surface area (Å²) >= 11 is 0. The van der Waals surface area contributed by atoms with Crippen molar-refractivity contribution in [3.63, 3.8) is 0 Å². The number of carbonyl (C=O) groups excluding carboxylic acids is 1. The normalized spacial score (nSPS) is 13.6. The standard InChI is InChI=1S/C19H20N6O4S/c20-18(26)12-24-19(27)25(23-22-24)16-8-6-15(7-9-16)21-30(28,29)17-10-5-13-3-1-2-4-14(13)11-17/h5-11,21H,1-4,12H2,(H2,20,26). The Morgan fingerprint density at radius 1 is 1.03 bits per heavy atom. The minimum atomic E-state index is -3.74.